The van der Waals surface area contributed by atoms with Crippen LogP contribution in [-0.2, 0) is 27.2 Å². The molecule has 0 unspecified atom stereocenters. The Kier molecular flexibility index (Phi) is 7.47. The quantitative estimate of drug-likeness (QED) is 0.456. The fourth-order valence-electron chi connectivity index (χ4n) is 4.47. The third kappa shape index (κ3) is 5.39. The fraction of sp³-hybridized carbons (Fsp3) is 0.423. The first-order valence-electron chi connectivity index (χ1n) is 11.8. The highest BCUT2D eigenvalue weighted by molar-refractivity contribution is 6.11. The Bertz CT molecular complexity index is 1150. The van der Waals surface area contributed by atoms with Crippen LogP contribution in [0.3, 0.4) is 0 Å². The Morgan fingerprint density at radius 2 is 2.09 bits per heavy atom. The van der Waals surface area contributed by atoms with E-state index in [2.05, 4.69) is 46.8 Å². The number of pyridine rings is 1. The van der Waals surface area contributed by atoms with E-state index in [0.717, 1.165) is 31.4 Å². The maximum atomic E-state index is 12.8. The standard InChI is InChI=1S/C26H32N4O4/c1-17(11-12-19-8-5-4-6-9-19)28-20-14-22-23(29-18(2)31)24(26(32)33-3)30(25(22)27-15-20)16-21-10-7-13-34-21/h4-6,8-9,14-15,17,21,28H,7,10-13,16H2,1-3H3,(H,29,31)/t17-,21+/m1/s1. The van der Waals surface area contributed by atoms with Crippen molar-refractivity contribution in [1.29, 1.82) is 0 Å². The van der Waals surface area contributed by atoms with Gasteiger partial charge in [-0.25, -0.2) is 9.78 Å². The number of fused-ring (bicyclic) bond motifs is 1. The first kappa shape index (κ1) is 23.8. The van der Waals surface area contributed by atoms with Gasteiger partial charge in [0.2, 0.25) is 5.91 Å². The molecule has 1 aliphatic heterocycles. The second-order valence-electron chi connectivity index (χ2n) is 8.81. The van der Waals surface area contributed by atoms with Crippen LogP contribution in [0.1, 0.15) is 49.2 Å². The maximum Gasteiger partial charge on any atom is 0.356 e. The van der Waals surface area contributed by atoms with Crippen molar-refractivity contribution in [2.45, 2.75) is 58.2 Å². The normalized spacial score (nSPS) is 16.4. The summed E-state index contributed by atoms with van der Waals surface area (Å²) in [4.78, 5) is 29.5. The lowest BCUT2D eigenvalue weighted by Gasteiger charge is -2.16. The van der Waals surface area contributed by atoms with Crippen molar-refractivity contribution >= 4 is 34.3 Å². The van der Waals surface area contributed by atoms with Gasteiger partial charge in [-0.2, -0.15) is 0 Å². The summed E-state index contributed by atoms with van der Waals surface area (Å²) in [6, 6.07) is 12.5. The molecule has 2 aromatic heterocycles. The van der Waals surface area contributed by atoms with E-state index in [1.165, 1.54) is 19.6 Å². The zero-order valence-corrected chi connectivity index (χ0v) is 20.0. The Morgan fingerprint density at radius 3 is 2.76 bits per heavy atom. The number of aromatic nitrogens is 2. The zero-order valence-electron chi connectivity index (χ0n) is 20.0. The van der Waals surface area contributed by atoms with Crippen molar-refractivity contribution in [3.05, 3.63) is 53.9 Å². The number of esters is 1. The average Bonchev–Trinajstić information content (AvgIpc) is 3.44. The number of nitrogens with one attached hydrogen (secondary N) is 2. The van der Waals surface area contributed by atoms with Crippen LogP contribution in [-0.4, -0.2) is 47.3 Å². The van der Waals surface area contributed by atoms with Crippen LogP contribution in [0.2, 0.25) is 0 Å². The number of carbonyl (C=O) groups excluding carboxylic acids is 2. The second-order valence-corrected chi connectivity index (χ2v) is 8.81. The SMILES string of the molecule is COC(=O)c1c(NC(C)=O)c2cc(N[C@H](C)CCc3ccccc3)cnc2n1C[C@@H]1CCCO1. The van der Waals surface area contributed by atoms with Gasteiger partial charge in [0.15, 0.2) is 5.69 Å². The Labute approximate surface area is 199 Å². The van der Waals surface area contributed by atoms with Crippen LogP contribution >= 0.6 is 0 Å². The smallest absolute Gasteiger partial charge is 0.356 e. The predicted molar refractivity (Wildman–Crippen MR) is 132 cm³/mol. The van der Waals surface area contributed by atoms with Crippen LogP contribution < -0.4 is 10.6 Å². The number of hydrogen-bond acceptors (Lipinski definition) is 6. The van der Waals surface area contributed by atoms with E-state index in [4.69, 9.17) is 9.47 Å². The van der Waals surface area contributed by atoms with Crippen molar-refractivity contribution in [2.24, 2.45) is 0 Å². The number of amides is 1. The Balaban J connectivity index is 1.65. The molecule has 0 aliphatic carbocycles. The molecule has 1 fully saturated rings. The molecule has 1 amide bonds. The van der Waals surface area contributed by atoms with E-state index in [-0.39, 0.29) is 23.7 Å². The minimum Gasteiger partial charge on any atom is -0.464 e. The van der Waals surface area contributed by atoms with Crippen LogP contribution in [0, 0.1) is 0 Å². The van der Waals surface area contributed by atoms with E-state index in [9.17, 15) is 9.59 Å². The number of aryl methyl sites for hydroxylation is 1. The first-order valence-corrected chi connectivity index (χ1v) is 11.8. The minimum absolute atomic E-state index is 0.0122. The molecule has 1 saturated heterocycles. The molecular weight excluding hydrogens is 432 g/mol. The summed E-state index contributed by atoms with van der Waals surface area (Å²) >= 11 is 0. The Hall–Kier alpha value is -3.39. The summed E-state index contributed by atoms with van der Waals surface area (Å²) in [5, 5.41) is 7.03. The molecule has 2 N–H and O–H groups in total. The van der Waals surface area contributed by atoms with Crippen LogP contribution in [0.4, 0.5) is 11.4 Å². The summed E-state index contributed by atoms with van der Waals surface area (Å²) in [5.74, 6) is -0.790. The van der Waals surface area contributed by atoms with E-state index < -0.39 is 5.97 Å². The minimum atomic E-state index is -0.523. The third-order valence-electron chi connectivity index (χ3n) is 6.11. The average molecular weight is 465 g/mol. The van der Waals surface area contributed by atoms with Crippen molar-refractivity contribution in [1.82, 2.24) is 9.55 Å². The molecule has 1 aromatic carbocycles. The first-order chi connectivity index (χ1) is 16.5. The number of hydrogen-bond donors (Lipinski definition) is 2. The van der Waals surface area contributed by atoms with Gasteiger partial charge in [-0.3, -0.25) is 4.79 Å². The number of benzene rings is 1. The molecule has 3 heterocycles. The van der Waals surface area contributed by atoms with Crippen molar-refractivity contribution in [3.63, 3.8) is 0 Å². The molecule has 3 aromatic rings. The van der Waals surface area contributed by atoms with Gasteiger partial charge in [0.1, 0.15) is 5.65 Å². The lowest BCUT2D eigenvalue weighted by atomic mass is 10.1. The largest absolute Gasteiger partial charge is 0.464 e. The monoisotopic (exact) mass is 464 g/mol. The molecular formula is C26H32N4O4. The summed E-state index contributed by atoms with van der Waals surface area (Å²) in [6.45, 7) is 4.72. The van der Waals surface area contributed by atoms with Crippen LogP contribution in [0.15, 0.2) is 42.6 Å². The lowest BCUT2D eigenvalue weighted by molar-refractivity contribution is -0.114. The van der Waals surface area contributed by atoms with Crippen LogP contribution in [0.5, 0.6) is 0 Å². The molecule has 0 saturated carbocycles. The summed E-state index contributed by atoms with van der Waals surface area (Å²) in [7, 11) is 1.34. The van der Waals surface area contributed by atoms with Gasteiger partial charge in [0.25, 0.3) is 0 Å². The van der Waals surface area contributed by atoms with E-state index >= 15 is 0 Å². The number of methoxy groups -OCH3 is 1. The molecule has 2 atom stereocenters. The Morgan fingerprint density at radius 1 is 1.29 bits per heavy atom. The van der Waals surface area contributed by atoms with E-state index in [0.29, 0.717) is 29.9 Å². The van der Waals surface area contributed by atoms with Crippen molar-refractivity contribution in [2.75, 3.05) is 24.4 Å². The summed E-state index contributed by atoms with van der Waals surface area (Å²) in [6.07, 6.45) is 5.57. The molecule has 34 heavy (non-hydrogen) atoms. The van der Waals surface area contributed by atoms with Crippen molar-refractivity contribution in [3.8, 4) is 0 Å². The van der Waals surface area contributed by atoms with E-state index in [1.807, 2.05) is 16.7 Å². The van der Waals surface area contributed by atoms with Crippen LogP contribution in [0.25, 0.3) is 11.0 Å². The molecule has 180 valence electrons. The fourth-order valence-corrected chi connectivity index (χ4v) is 4.47. The second kappa shape index (κ2) is 10.7. The predicted octanol–water partition coefficient (Wildman–Crippen LogP) is 4.39. The van der Waals surface area contributed by atoms with Crippen molar-refractivity contribution < 1.29 is 19.1 Å². The number of anilines is 2. The van der Waals surface area contributed by atoms with E-state index in [1.54, 1.807) is 6.20 Å². The van der Waals surface area contributed by atoms with Gasteiger partial charge in [-0.05, 0) is 44.2 Å². The van der Waals surface area contributed by atoms with Gasteiger partial charge in [-0.1, -0.05) is 30.3 Å². The van der Waals surface area contributed by atoms with Gasteiger partial charge < -0.3 is 24.7 Å². The molecule has 8 nitrogen and oxygen atoms in total. The topological polar surface area (TPSA) is 94.5 Å². The lowest BCUT2D eigenvalue weighted by Crippen LogP contribution is -2.21. The molecule has 8 heteroatoms. The number of ether oxygens (including phenoxy) is 2. The highest BCUT2D eigenvalue weighted by Crippen LogP contribution is 2.34. The maximum absolute atomic E-state index is 12.8. The van der Waals surface area contributed by atoms with Gasteiger partial charge >= 0.3 is 5.97 Å². The van der Waals surface area contributed by atoms with Gasteiger partial charge in [0, 0.05) is 25.0 Å². The van der Waals surface area contributed by atoms with Gasteiger partial charge in [-0.15, -0.1) is 0 Å². The highest BCUT2D eigenvalue weighted by atomic mass is 16.5. The molecule has 0 bridgehead atoms. The molecule has 0 spiro atoms. The summed E-state index contributed by atoms with van der Waals surface area (Å²) < 4.78 is 12.7. The summed E-state index contributed by atoms with van der Waals surface area (Å²) in [5.41, 5.74) is 3.43. The number of nitrogens with zero attached hydrogens (tertiary/aromatic N) is 2. The third-order valence-corrected chi connectivity index (χ3v) is 6.11. The molecule has 0 radical (unpaired) electrons. The molecule has 1 aliphatic rings. The zero-order chi connectivity index (χ0) is 24.1. The van der Waals surface area contributed by atoms with Gasteiger partial charge in [0.05, 0.1) is 37.3 Å². The number of rotatable bonds is 9. The highest BCUT2D eigenvalue weighted by Gasteiger charge is 2.28. The molecule has 4 rings (SSSR count). The number of carbonyl (C=O) groups is 2.